The van der Waals surface area contributed by atoms with Crippen LogP contribution in [0.5, 0.6) is 0 Å². The van der Waals surface area contributed by atoms with Crippen molar-refractivity contribution >= 4 is 17.1 Å². The second-order valence-electron chi connectivity index (χ2n) is 3.45. The zero-order valence-corrected chi connectivity index (χ0v) is 7.71. The minimum atomic E-state index is 0.810. The SMILES string of the molecule is CCC(C)CC1CCC1=S. The maximum atomic E-state index is 5.17. The average molecular weight is 156 g/mol. The van der Waals surface area contributed by atoms with Gasteiger partial charge in [0.25, 0.3) is 0 Å². The Labute approximate surface area is 69.0 Å². The van der Waals surface area contributed by atoms with Gasteiger partial charge in [0.2, 0.25) is 0 Å². The molecule has 58 valence electrons. The number of hydrogen-bond donors (Lipinski definition) is 0. The molecule has 1 fully saturated rings. The Hall–Kier alpha value is 0.0900. The molecule has 1 rings (SSSR count). The van der Waals surface area contributed by atoms with Gasteiger partial charge in [-0.15, -0.1) is 0 Å². The van der Waals surface area contributed by atoms with E-state index in [2.05, 4.69) is 13.8 Å². The molecule has 0 aromatic rings. The van der Waals surface area contributed by atoms with Gasteiger partial charge in [-0.25, -0.2) is 0 Å². The smallest absolute Gasteiger partial charge is 0.00401 e. The lowest BCUT2D eigenvalue weighted by Gasteiger charge is -2.29. The van der Waals surface area contributed by atoms with E-state index < -0.39 is 0 Å². The highest BCUT2D eigenvalue weighted by atomic mass is 32.1. The summed E-state index contributed by atoms with van der Waals surface area (Å²) in [5, 5.41) is 0. The largest absolute Gasteiger partial charge is 0.0894 e. The summed E-state index contributed by atoms with van der Waals surface area (Å²) in [5.74, 6) is 1.69. The van der Waals surface area contributed by atoms with Gasteiger partial charge in [-0.2, -0.15) is 0 Å². The second-order valence-corrected chi connectivity index (χ2v) is 3.98. The summed E-state index contributed by atoms with van der Waals surface area (Å²) >= 11 is 5.17. The van der Waals surface area contributed by atoms with Crippen molar-refractivity contribution < 1.29 is 0 Å². The Morgan fingerprint density at radius 3 is 2.70 bits per heavy atom. The summed E-state index contributed by atoms with van der Waals surface area (Å²) in [4.78, 5) is 1.33. The van der Waals surface area contributed by atoms with Crippen LogP contribution >= 0.6 is 12.2 Å². The van der Waals surface area contributed by atoms with Gasteiger partial charge in [-0.1, -0.05) is 32.5 Å². The first-order valence-electron chi connectivity index (χ1n) is 4.26. The molecule has 0 nitrogen and oxygen atoms in total. The molecule has 2 unspecified atom stereocenters. The molecular formula is C9H16S. The molecule has 1 aliphatic rings. The molecule has 0 aromatic heterocycles. The predicted molar refractivity (Wildman–Crippen MR) is 49.4 cm³/mol. The van der Waals surface area contributed by atoms with Crippen LogP contribution in [-0.2, 0) is 0 Å². The maximum Gasteiger partial charge on any atom is -0.00401 e. The molecule has 0 spiro atoms. The Bertz CT molecular complexity index is 129. The molecular weight excluding hydrogens is 140 g/mol. The summed E-state index contributed by atoms with van der Waals surface area (Å²) in [6.07, 6.45) is 5.23. The van der Waals surface area contributed by atoms with Gasteiger partial charge in [0, 0.05) is 0 Å². The Morgan fingerprint density at radius 2 is 2.40 bits per heavy atom. The van der Waals surface area contributed by atoms with Crippen LogP contribution < -0.4 is 0 Å². The summed E-state index contributed by atoms with van der Waals surface area (Å²) in [6.45, 7) is 4.58. The normalized spacial score (nSPS) is 27.8. The molecule has 1 saturated carbocycles. The van der Waals surface area contributed by atoms with Crippen LogP contribution in [0.15, 0.2) is 0 Å². The number of hydrogen-bond acceptors (Lipinski definition) is 1. The Balaban J connectivity index is 2.19. The van der Waals surface area contributed by atoms with Crippen molar-refractivity contribution in [3.8, 4) is 0 Å². The average Bonchev–Trinajstić information content (AvgIpc) is 1.96. The topological polar surface area (TPSA) is 0 Å². The van der Waals surface area contributed by atoms with Crippen molar-refractivity contribution in [3.05, 3.63) is 0 Å². The third kappa shape index (κ3) is 1.79. The predicted octanol–water partition coefficient (Wildman–Crippen LogP) is 3.20. The molecule has 2 atom stereocenters. The highest BCUT2D eigenvalue weighted by Crippen LogP contribution is 2.30. The molecule has 0 N–H and O–H groups in total. The first-order valence-corrected chi connectivity index (χ1v) is 4.67. The third-order valence-electron chi connectivity index (χ3n) is 2.58. The molecule has 0 aromatic carbocycles. The molecule has 0 amide bonds. The number of rotatable bonds is 3. The van der Waals surface area contributed by atoms with Gasteiger partial charge in [0.05, 0.1) is 0 Å². The van der Waals surface area contributed by atoms with E-state index in [1.165, 1.54) is 30.5 Å². The standard InChI is InChI=1S/C9H16S/c1-3-7(2)6-8-4-5-9(8)10/h7-8H,3-6H2,1-2H3. The van der Waals surface area contributed by atoms with Crippen molar-refractivity contribution in [1.29, 1.82) is 0 Å². The van der Waals surface area contributed by atoms with Gasteiger partial charge in [-0.3, -0.25) is 0 Å². The van der Waals surface area contributed by atoms with E-state index in [0.717, 1.165) is 11.8 Å². The van der Waals surface area contributed by atoms with Gasteiger partial charge >= 0.3 is 0 Å². The van der Waals surface area contributed by atoms with Crippen molar-refractivity contribution in [3.63, 3.8) is 0 Å². The quantitative estimate of drug-likeness (QED) is 0.565. The monoisotopic (exact) mass is 156 g/mol. The van der Waals surface area contributed by atoms with Gasteiger partial charge in [0.15, 0.2) is 0 Å². The van der Waals surface area contributed by atoms with E-state index in [1.54, 1.807) is 0 Å². The second kappa shape index (κ2) is 3.47. The minimum absolute atomic E-state index is 0.810. The van der Waals surface area contributed by atoms with E-state index in [-0.39, 0.29) is 0 Å². The lowest BCUT2D eigenvalue weighted by Crippen LogP contribution is -2.25. The lowest BCUT2D eigenvalue weighted by molar-refractivity contribution is 0.408. The van der Waals surface area contributed by atoms with Crippen molar-refractivity contribution in [2.45, 2.75) is 39.5 Å². The van der Waals surface area contributed by atoms with Gasteiger partial charge < -0.3 is 0 Å². The summed E-state index contributed by atoms with van der Waals surface area (Å²) in [7, 11) is 0. The minimum Gasteiger partial charge on any atom is -0.0894 e. The summed E-state index contributed by atoms with van der Waals surface area (Å²) < 4.78 is 0. The Kier molecular flexibility index (Phi) is 2.84. The van der Waals surface area contributed by atoms with Crippen LogP contribution in [0.2, 0.25) is 0 Å². The molecule has 1 heteroatoms. The highest BCUT2D eigenvalue weighted by Gasteiger charge is 2.24. The van der Waals surface area contributed by atoms with E-state index in [0.29, 0.717) is 0 Å². The third-order valence-corrected chi connectivity index (χ3v) is 3.12. The van der Waals surface area contributed by atoms with Crippen LogP contribution in [0, 0.1) is 11.8 Å². The van der Waals surface area contributed by atoms with Crippen molar-refractivity contribution in [1.82, 2.24) is 0 Å². The highest BCUT2D eigenvalue weighted by molar-refractivity contribution is 7.80. The zero-order chi connectivity index (χ0) is 7.56. The number of thiocarbonyl (C=S) groups is 1. The first kappa shape index (κ1) is 8.19. The maximum absolute atomic E-state index is 5.17. The Morgan fingerprint density at radius 1 is 1.70 bits per heavy atom. The fraction of sp³-hybridized carbons (Fsp3) is 0.889. The molecule has 0 bridgehead atoms. The van der Waals surface area contributed by atoms with Crippen molar-refractivity contribution in [2.75, 3.05) is 0 Å². The first-order chi connectivity index (χ1) is 4.74. The van der Waals surface area contributed by atoms with Crippen LogP contribution in [0.3, 0.4) is 0 Å². The van der Waals surface area contributed by atoms with E-state index >= 15 is 0 Å². The molecule has 0 aliphatic heterocycles. The molecule has 0 heterocycles. The molecule has 1 aliphatic carbocycles. The van der Waals surface area contributed by atoms with Crippen molar-refractivity contribution in [2.24, 2.45) is 11.8 Å². The zero-order valence-electron chi connectivity index (χ0n) is 6.89. The van der Waals surface area contributed by atoms with Crippen LogP contribution in [-0.4, -0.2) is 4.86 Å². The molecule has 10 heavy (non-hydrogen) atoms. The molecule has 0 radical (unpaired) electrons. The van der Waals surface area contributed by atoms with Crippen LogP contribution in [0.1, 0.15) is 39.5 Å². The fourth-order valence-corrected chi connectivity index (χ4v) is 1.70. The summed E-state index contributed by atoms with van der Waals surface area (Å²) in [6, 6.07) is 0. The molecule has 0 saturated heterocycles. The van der Waals surface area contributed by atoms with Gasteiger partial charge in [0.1, 0.15) is 0 Å². The summed E-state index contributed by atoms with van der Waals surface area (Å²) in [5.41, 5.74) is 0. The van der Waals surface area contributed by atoms with Crippen LogP contribution in [0.4, 0.5) is 0 Å². The van der Waals surface area contributed by atoms with Gasteiger partial charge in [-0.05, 0) is 36.0 Å². The van der Waals surface area contributed by atoms with E-state index in [1.807, 2.05) is 0 Å². The lowest BCUT2D eigenvalue weighted by atomic mass is 9.78. The van der Waals surface area contributed by atoms with E-state index in [4.69, 9.17) is 12.2 Å². The van der Waals surface area contributed by atoms with Crippen LogP contribution in [0.25, 0.3) is 0 Å². The fourth-order valence-electron chi connectivity index (χ4n) is 1.37. The van der Waals surface area contributed by atoms with E-state index in [9.17, 15) is 0 Å².